The van der Waals surface area contributed by atoms with Crippen molar-refractivity contribution in [3.8, 4) is 0 Å². The van der Waals surface area contributed by atoms with E-state index >= 15 is 0 Å². The van der Waals surface area contributed by atoms with E-state index in [2.05, 4.69) is 5.32 Å². The summed E-state index contributed by atoms with van der Waals surface area (Å²) in [4.78, 5) is 22.2. The zero-order valence-electron chi connectivity index (χ0n) is 8.01. The van der Waals surface area contributed by atoms with Gasteiger partial charge in [-0.1, -0.05) is 23.2 Å². The van der Waals surface area contributed by atoms with Crippen LogP contribution >= 0.6 is 23.2 Å². The highest BCUT2D eigenvalue weighted by Gasteiger charge is 2.10. The van der Waals surface area contributed by atoms with E-state index in [1.165, 1.54) is 19.1 Å². The second kappa shape index (κ2) is 5.14. The number of carbonyl (C=O) groups excluding carboxylic acids is 2. The summed E-state index contributed by atoms with van der Waals surface area (Å²) in [6, 6.07) is 4.58. The number of rotatable bonds is 3. The van der Waals surface area contributed by atoms with Gasteiger partial charge in [-0.15, -0.1) is 0 Å². The summed E-state index contributed by atoms with van der Waals surface area (Å²) >= 11 is 11.5. The zero-order valence-corrected chi connectivity index (χ0v) is 9.52. The van der Waals surface area contributed by atoms with Gasteiger partial charge in [-0.3, -0.25) is 9.59 Å². The molecule has 1 rings (SSSR count). The molecule has 0 aromatic heterocycles. The van der Waals surface area contributed by atoms with Gasteiger partial charge in [0.15, 0.2) is 0 Å². The molecule has 0 spiro atoms. The molecule has 1 N–H and O–H groups in total. The average molecular weight is 246 g/mol. The highest BCUT2D eigenvalue weighted by Crippen LogP contribution is 2.20. The number of hydrogen-bond donors (Lipinski definition) is 1. The monoisotopic (exact) mass is 245 g/mol. The molecule has 0 bridgehead atoms. The Labute approximate surface area is 97.4 Å². The number of benzene rings is 1. The van der Waals surface area contributed by atoms with Crippen molar-refractivity contribution in [2.45, 2.75) is 6.92 Å². The third kappa shape index (κ3) is 3.53. The predicted octanol–water partition coefficient (Wildman–Crippen LogP) is 2.31. The number of halogens is 2. The number of nitrogens with one attached hydrogen (secondary N) is 1. The molecule has 0 radical (unpaired) electrons. The second-order valence-electron chi connectivity index (χ2n) is 3.01. The molecule has 0 aliphatic rings. The SMILES string of the molecule is CC(=O)CNC(=O)c1cc(Cl)ccc1Cl. The lowest BCUT2D eigenvalue weighted by Gasteiger charge is -2.05. The van der Waals surface area contributed by atoms with Crippen LogP contribution in [-0.2, 0) is 4.79 Å². The van der Waals surface area contributed by atoms with Crippen LogP contribution < -0.4 is 5.32 Å². The Kier molecular flexibility index (Phi) is 4.12. The summed E-state index contributed by atoms with van der Waals surface area (Å²) in [5, 5.41) is 3.16. The third-order valence-corrected chi connectivity index (χ3v) is 2.24. The molecule has 0 aliphatic heterocycles. The molecule has 80 valence electrons. The van der Waals surface area contributed by atoms with E-state index in [0.29, 0.717) is 10.0 Å². The van der Waals surface area contributed by atoms with E-state index in [0.717, 1.165) is 0 Å². The molecule has 15 heavy (non-hydrogen) atoms. The van der Waals surface area contributed by atoms with Crippen LogP contribution in [0, 0.1) is 0 Å². The Morgan fingerprint density at radius 3 is 2.60 bits per heavy atom. The quantitative estimate of drug-likeness (QED) is 0.889. The standard InChI is InChI=1S/C10H9Cl2NO2/c1-6(14)5-13-10(15)8-4-7(11)2-3-9(8)12/h2-4H,5H2,1H3,(H,13,15). The number of hydrogen-bond acceptors (Lipinski definition) is 2. The van der Waals surface area contributed by atoms with Crippen molar-refractivity contribution in [3.63, 3.8) is 0 Å². The molecule has 0 fully saturated rings. The van der Waals surface area contributed by atoms with Gasteiger partial charge in [0.05, 0.1) is 17.1 Å². The maximum atomic E-state index is 11.5. The lowest BCUT2D eigenvalue weighted by Crippen LogP contribution is -2.28. The Morgan fingerprint density at radius 1 is 1.33 bits per heavy atom. The highest BCUT2D eigenvalue weighted by atomic mass is 35.5. The van der Waals surface area contributed by atoms with Crippen LogP contribution in [0.25, 0.3) is 0 Å². The van der Waals surface area contributed by atoms with Gasteiger partial charge in [0.25, 0.3) is 5.91 Å². The van der Waals surface area contributed by atoms with Crippen LogP contribution in [-0.4, -0.2) is 18.2 Å². The largest absolute Gasteiger partial charge is 0.345 e. The molecular weight excluding hydrogens is 237 g/mol. The highest BCUT2D eigenvalue weighted by molar-refractivity contribution is 6.35. The summed E-state index contributed by atoms with van der Waals surface area (Å²) in [6.07, 6.45) is 0. The lowest BCUT2D eigenvalue weighted by atomic mass is 10.2. The van der Waals surface area contributed by atoms with E-state index in [4.69, 9.17) is 23.2 Å². The van der Waals surface area contributed by atoms with Crippen LogP contribution in [0.1, 0.15) is 17.3 Å². The summed E-state index contributed by atoms with van der Waals surface area (Å²) in [5.41, 5.74) is 0.269. The van der Waals surface area contributed by atoms with Crippen LogP contribution in [0.3, 0.4) is 0 Å². The van der Waals surface area contributed by atoms with Crippen molar-refractivity contribution in [1.29, 1.82) is 0 Å². The molecule has 1 amide bonds. The average Bonchev–Trinajstić information content (AvgIpc) is 2.18. The molecule has 0 unspecified atom stereocenters. The molecule has 0 aliphatic carbocycles. The number of Topliss-reactive ketones (excluding diaryl/α,β-unsaturated/α-hetero) is 1. The van der Waals surface area contributed by atoms with Crippen molar-refractivity contribution < 1.29 is 9.59 Å². The number of ketones is 1. The van der Waals surface area contributed by atoms with Gasteiger partial charge >= 0.3 is 0 Å². The minimum atomic E-state index is -0.405. The molecule has 5 heteroatoms. The molecule has 1 aromatic rings. The molecule has 0 atom stereocenters. The van der Waals surface area contributed by atoms with Gasteiger partial charge in [-0.2, -0.15) is 0 Å². The molecule has 1 aromatic carbocycles. The Balaban J connectivity index is 2.81. The van der Waals surface area contributed by atoms with E-state index in [-0.39, 0.29) is 17.9 Å². The molecular formula is C10H9Cl2NO2. The third-order valence-electron chi connectivity index (χ3n) is 1.67. The zero-order chi connectivity index (χ0) is 11.4. The fraction of sp³-hybridized carbons (Fsp3) is 0.200. The summed E-state index contributed by atoms with van der Waals surface area (Å²) in [6.45, 7) is 1.38. The van der Waals surface area contributed by atoms with Crippen molar-refractivity contribution in [3.05, 3.63) is 33.8 Å². The van der Waals surface area contributed by atoms with Crippen LogP contribution in [0.5, 0.6) is 0 Å². The van der Waals surface area contributed by atoms with Gasteiger partial charge in [-0.05, 0) is 25.1 Å². The van der Waals surface area contributed by atoms with E-state index in [1.807, 2.05) is 0 Å². The summed E-state index contributed by atoms with van der Waals surface area (Å²) in [5.74, 6) is -0.529. The van der Waals surface area contributed by atoms with Gasteiger partial charge in [0.1, 0.15) is 5.78 Å². The smallest absolute Gasteiger partial charge is 0.253 e. The van der Waals surface area contributed by atoms with Crippen molar-refractivity contribution in [2.24, 2.45) is 0 Å². The van der Waals surface area contributed by atoms with E-state index in [1.54, 1.807) is 6.07 Å². The minimum Gasteiger partial charge on any atom is -0.345 e. The Hall–Kier alpha value is -1.06. The first-order chi connectivity index (χ1) is 7.00. The van der Waals surface area contributed by atoms with Crippen molar-refractivity contribution in [1.82, 2.24) is 5.32 Å². The van der Waals surface area contributed by atoms with Gasteiger partial charge in [-0.25, -0.2) is 0 Å². The topological polar surface area (TPSA) is 46.2 Å². The van der Waals surface area contributed by atoms with Crippen molar-refractivity contribution >= 4 is 34.9 Å². The minimum absolute atomic E-state index is 0.0122. The van der Waals surface area contributed by atoms with Crippen LogP contribution in [0.15, 0.2) is 18.2 Å². The van der Waals surface area contributed by atoms with E-state index in [9.17, 15) is 9.59 Å². The maximum absolute atomic E-state index is 11.5. The Morgan fingerprint density at radius 2 is 2.00 bits per heavy atom. The van der Waals surface area contributed by atoms with Crippen LogP contribution in [0.2, 0.25) is 10.0 Å². The lowest BCUT2D eigenvalue weighted by molar-refractivity contribution is -0.116. The summed E-state index contributed by atoms with van der Waals surface area (Å²) in [7, 11) is 0. The fourth-order valence-corrected chi connectivity index (χ4v) is 1.35. The molecule has 3 nitrogen and oxygen atoms in total. The molecule has 0 saturated carbocycles. The second-order valence-corrected chi connectivity index (χ2v) is 3.85. The number of carbonyl (C=O) groups is 2. The number of amides is 1. The normalized spacial score (nSPS) is 9.80. The van der Waals surface area contributed by atoms with Gasteiger partial charge < -0.3 is 5.32 Å². The molecule has 0 heterocycles. The maximum Gasteiger partial charge on any atom is 0.253 e. The predicted molar refractivity (Wildman–Crippen MR) is 59.5 cm³/mol. The first-order valence-corrected chi connectivity index (χ1v) is 4.99. The van der Waals surface area contributed by atoms with Crippen LogP contribution in [0.4, 0.5) is 0 Å². The van der Waals surface area contributed by atoms with Crippen molar-refractivity contribution in [2.75, 3.05) is 6.54 Å². The fourth-order valence-electron chi connectivity index (χ4n) is 0.971. The van der Waals surface area contributed by atoms with Gasteiger partial charge in [0, 0.05) is 5.02 Å². The summed E-state index contributed by atoms with van der Waals surface area (Å²) < 4.78 is 0. The first kappa shape index (κ1) is 12.0. The molecule has 0 saturated heterocycles. The van der Waals surface area contributed by atoms with Gasteiger partial charge in [0.2, 0.25) is 0 Å². The first-order valence-electron chi connectivity index (χ1n) is 4.23. The van der Waals surface area contributed by atoms with E-state index < -0.39 is 5.91 Å². The Bertz CT molecular complexity index is 404.